The third kappa shape index (κ3) is 9.20. The molecule has 0 saturated carbocycles. The fourth-order valence-corrected chi connectivity index (χ4v) is 7.14. The lowest BCUT2D eigenvalue weighted by atomic mass is 9.98. The molecule has 17 heteroatoms. The van der Waals surface area contributed by atoms with Crippen LogP contribution in [0.1, 0.15) is 82.3 Å². The van der Waals surface area contributed by atoms with Crippen LogP contribution in [0.4, 0.5) is 0 Å². The van der Waals surface area contributed by atoms with Crippen LogP contribution >= 0.6 is 11.6 Å². The van der Waals surface area contributed by atoms with Crippen LogP contribution in [-0.4, -0.2) is 85.5 Å². The van der Waals surface area contributed by atoms with Gasteiger partial charge in [0.2, 0.25) is 17.6 Å². The standard InChI is InChI=1S/C38H40ClN5O10S/c1-20(2)30(32(45)36-40-27-19-24(38(50)53-5)12-17-29(27)54-36)41-35(48)28-7-6-18-44(28)37(49)31(21(3)4)42-33(46)22-8-10-23(11-9-22)34(47)43-55(51,52)26-15-13-25(39)14-16-26/h8-17,19-21,28,30-31H,6-7,18H2,1-5H3,(H,41,48)(H,42,46)(H,43,47)/t28-,30?,31-/m0/s1. The molecule has 4 aromatic rings. The summed E-state index contributed by atoms with van der Waals surface area (Å²) in [5, 5.41) is 5.84. The molecule has 0 bridgehead atoms. The summed E-state index contributed by atoms with van der Waals surface area (Å²) >= 11 is 5.82. The van der Waals surface area contributed by atoms with Crippen molar-refractivity contribution in [3.63, 3.8) is 0 Å². The van der Waals surface area contributed by atoms with E-state index in [-0.39, 0.29) is 45.1 Å². The number of carbonyl (C=O) groups excluding carboxylic acids is 6. The van der Waals surface area contributed by atoms with Gasteiger partial charge < -0.3 is 24.7 Å². The molecule has 1 aliphatic rings. The SMILES string of the molecule is COC(=O)c1ccc2oc(C(=O)C(NC(=O)[C@@H]3CCCN3C(=O)[C@@H](NC(=O)c3ccc(C(=O)NS(=O)(=O)c4ccc(Cl)cc4)cc3)C(C)C)C(C)C)nc2c1. The number of amides is 4. The van der Waals surface area contributed by atoms with Crippen molar-refractivity contribution in [2.45, 2.75) is 63.6 Å². The number of halogens is 1. The Morgan fingerprint density at radius 1 is 0.836 bits per heavy atom. The van der Waals surface area contributed by atoms with Crippen molar-refractivity contribution in [3.05, 3.63) is 94.3 Å². The van der Waals surface area contributed by atoms with Crippen LogP contribution in [-0.2, 0) is 24.3 Å². The number of Topliss-reactive ketones (excluding diaryl/α,β-unsaturated/α-hetero) is 1. The maximum atomic E-state index is 13.9. The first-order chi connectivity index (χ1) is 26.0. The second-order valence-electron chi connectivity index (χ2n) is 13.6. The van der Waals surface area contributed by atoms with Gasteiger partial charge in [0.25, 0.3) is 27.7 Å². The summed E-state index contributed by atoms with van der Waals surface area (Å²) in [6, 6.07) is 11.9. The van der Waals surface area contributed by atoms with Gasteiger partial charge in [-0.3, -0.25) is 24.0 Å². The first-order valence-corrected chi connectivity index (χ1v) is 19.2. The number of methoxy groups -OCH3 is 1. The van der Waals surface area contributed by atoms with Crippen LogP contribution in [0.3, 0.4) is 0 Å². The summed E-state index contributed by atoms with van der Waals surface area (Å²) in [5.41, 5.74) is 0.822. The average Bonchev–Trinajstić information content (AvgIpc) is 3.83. The van der Waals surface area contributed by atoms with Gasteiger partial charge in [0.15, 0.2) is 5.58 Å². The molecule has 1 saturated heterocycles. The van der Waals surface area contributed by atoms with Crippen LogP contribution in [0.2, 0.25) is 5.02 Å². The van der Waals surface area contributed by atoms with Gasteiger partial charge >= 0.3 is 5.97 Å². The summed E-state index contributed by atoms with van der Waals surface area (Å²) in [6.07, 6.45) is 0.833. The van der Waals surface area contributed by atoms with Crippen LogP contribution < -0.4 is 15.4 Å². The Hall–Kier alpha value is -5.61. The molecule has 55 heavy (non-hydrogen) atoms. The first-order valence-electron chi connectivity index (χ1n) is 17.4. The van der Waals surface area contributed by atoms with E-state index < -0.39 is 75.4 Å². The largest absolute Gasteiger partial charge is 0.465 e. The molecule has 0 aliphatic carbocycles. The van der Waals surface area contributed by atoms with E-state index in [4.69, 9.17) is 20.8 Å². The maximum absolute atomic E-state index is 13.9. The van der Waals surface area contributed by atoms with Gasteiger partial charge in [-0.05, 0) is 91.4 Å². The Morgan fingerprint density at radius 3 is 2.04 bits per heavy atom. The van der Waals surface area contributed by atoms with E-state index in [0.717, 1.165) is 0 Å². The Kier molecular flexibility index (Phi) is 12.4. The lowest BCUT2D eigenvalue weighted by molar-refractivity contribution is -0.140. The van der Waals surface area contributed by atoms with E-state index in [0.29, 0.717) is 17.9 Å². The van der Waals surface area contributed by atoms with Gasteiger partial charge in [0.05, 0.1) is 23.6 Å². The minimum Gasteiger partial charge on any atom is -0.465 e. The molecule has 3 aromatic carbocycles. The molecule has 5 rings (SSSR count). The molecule has 0 spiro atoms. The Balaban J connectivity index is 1.24. The second-order valence-corrected chi connectivity index (χ2v) is 15.8. The number of ether oxygens (including phenoxy) is 1. The topological polar surface area (TPSA) is 211 Å². The Morgan fingerprint density at radius 2 is 1.44 bits per heavy atom. The first kappa shape index (κ1) is 40.6. The predicted octanol–water partition coefficient (Wildman–Crippen LogP) is 4.16. The van der Waals surface area contributed by atoms with E-state index in [2.05, 4.69) is 15.6 Å². The minimum absolute atomic E-state index is 0.0292. The molecule has 15 nitrogen and oxygen atoms in total. The highest BCUT2D eigenvalue weighted by Gasteiger charge is 2.40. The number of aromatic nitrogens is 1. The predicted molar refractivity (Wildman–Crippen MR) is 200 cm³/mol. The number of sulfonamides is 1. The normalized spacial score (nSPS) is 15.4. The van der Waals surface area contributed by atoms with Crippen molar-refractivity contribution in [2.24, 2.45) is 11.8 Å². The Labute approximate surface area is 322 Å². The van der Waals surface area contributed by atoms with Crippen molar-refractivity contribution in [1.29, 1.82) is 0 Å². The molecule has 1 fully saturated rings. The number of likely N-dealkylation sites (tertiary alicyclic amines) is 1. The lowest BCUT2D eigenvalue weighted by Crippen LogP contribution is -2.57. The van der Waals surface area contributed by atoms with Crippen molar-refractivity contribution < 1.29 is 46.3 Å². The van der Waals surface area contributed by atoms with Crippen LogP contribution in [0, 0.1) is 11.8 Å². The number of nitrogens with one attached hydrogen (secondary N) is 3. The number of esters is 1. The zero-order valence-corrected chi connectivity index (χ0v) is 32.2. The van der Waals surface area contributed by atoms with E-state index in [9.17, 15) is 37.2 Å². The van der Waals surface area contributed by atoms with Crippen molar-refractivity contribution in [2.75, 3.05) is 13.7 Å². The third-order valence-corrected chi connectivity index (χ3v) is 10.7. The van der Waals surface area contributed by atoms with Crippen LogP contribution in [0.25, 0.3) is 11.1 Å². The number of fused-ring (bicyclic) bond motifs is 1. The number of nitrogens with zero attached hydrogens (tertiary/aromatic N) is 2. The quantitative estimate of drug-likeness (QED) is 0.129. The smallest absolute Gasteiger partial charge is 0.337 e. The molecule has 1 aliphatic heterocycles. The van der Waals surface area contributed by atoms with Crippen LogP contribution in [0.15, 0.2) is 76.0 Å². The van der Waals surface area contributed by atoms with Gasteiger partial charge in [-0.1, -0.05) is 39.3 Å². The Bertz CT molecular complexity index is 2240. The van der Waals surface area contributed by atoms with Crippen molar-refractivity contribution >= 4 is 68.1 Å². The summed E-state index contributed by atoms with van der Waals surface area (Å²) in [5.74, 6) is -4.80. The number of oxazole rings is 1. The average molecular weight is 794 g/mol. The van der Waals surface area contributed by atoms with Gasteiger partial charge in [-0.2, -0.15) is 0 Å². The summed E-state index contributed by atoms with van der Waals surface area (Å²) in [7, 11) is -2.94. The van der Waals surface area contributed by atoms with Crippen molar-refractivity contribution in [3.8, 4) is 0 Å². The molecule has 0 radical (unpaired) electrons. The fraction of sp³-hybridized carbons (Fsp3) is 0.342. The van der Waals surface area contributed by atoms with Gasteiger partial charge in [0, 0.05) is 22.7 Å². The fourth-order valence-electron chi connectivity index (χ4n) is 6.04. The highest BCUT2D eigenvalue weighted by Crippen LogP contribution is 2.24. The second kappa shape index (κ2) is 16.8. The van der Waals surface area contributed by atoms with E-state index in [1.54, 1.807) is 27.7 Å². The van der Waals surface area contributed by atoms with Gasteiger partial charge in [-0.25, -0.2) is 22.9 Å². The number of hydrogen-bond acceptors (Lipinski definition) is 11. The monoisotopic (exact) mass is 793 g/mol. The number of benzene rings is 3. The summed E-state index contributed by atoms with van der Waals surface area (Å²) < 4.78 is 37.6. The van der Waals surface area contributed by atoms with E-state index >= 15 is 0 Å². The summed E-state index contributed by atoms with van der Waals surface area (Å²) in [4.78, 5) is 84.7. The zero-order valence-electron chi connectivity index (χ0n) is 30.6. The maximum Gasteiger partial charge on any atom is 0.337 e. The molecule has 1 aromatic heterocycles. The molecule has 3 N–H and O–H groups in total. The molecule has 1 unspecified atom stereocenters. The molecular formula is C38H40ClN5O10S. The highest BCUT2D eigenvalue weighted by atomic mass is 35.5. The molecule has 290 valence electrons. The number of carbonyl (C=O) groups is 6. The zero-order chi connectivity index (χ0) is 40.2. The van der Waals surface area contributed by atoms with E-state index in [1.807, 2.05) is 4.72 Å². The third-order valence-electron chi connectivity index (χ3n) is 9.08. The molecule has 3 atom stereocenters. The highest BCUT2D eigenvalue weighted by molar-refractivity contribution is 7.90. The lowest BCUT2D eigenvalue weighted by Gasteiger charge is -2.31. The number of rotatable bonds is 13. The molecule has 2 heterocycles. The molecular weight excluding hydrogens is 754 g/mol. The van der Waals surface area contributed by atoms with Crippen LogP contribution in [0.5, 0.6) is 0 Å². The van der Waals surface area contributed by atoms with Gasteiger partial charge in [0.1, 0.15) is 17.6 Å². The number of hydrogen-bond donors (Lipinski definition) is 3. The number of ketones is 1. The van der Waals surface area contributed by atoms with Crippen molar-refractivity contribution in [1.82, 2.24) is 25.2 Å². The van der Waals surface area contributed by atoms with E-state index in [1.165, 1.54) is 78.7 Å². The molecule has 4 amide bonds. The van der Waals surface area contributed by atoms with Gasteiger partial charge in [-0.15, -0.1) is 0 Å². The summed E-state index contributed by atoms with van der Waals surface area (Å²) in [6.45, 7) is 7.21. The minimum atomic E-state index is -4.19.